The molecule has 0 unspecified atom stereocenters. The molecule has 4 heteroatoms. The smallest absolute Gasteiger partial charge is 0.307 e. The molecule has 4 atom stereocenters. The van der Waals surface area contributed by atoms with Crippen LogP contribution in [0.1, 0.15) is 18.9 Å². The fraction of sp³-hybridized carbons (Fsp3) is 0.412. The first-order chi connectivity index (χ1) is 10.1. The lowest BCUT2D eigenvalue weighted by molar-refractivity contribution is -0.146. The molecular weight excluding hydrogens is 266 g/mol. The van der Waals surface area contributed by atoms with Gasteiger partial charge in [-0.15, -0.1) is 0 Å². The zero-order valence-corrected chi connectivity index (χ0v) is 12.0. The maximum absolute atomic E-state index is 12.5. The van der Waals surface area contributed by atoms with Gasteiger partial charge < -0.3 is 10.4 Å². The molecule has 2 aliphatic carbocycles. The quantitative estimate of drug-likeness (QED) is 0.836. The van der Waals surface area contributed by atoms with Crippen LogP contribution in [0, 0.1) is 23.7 Å². The fourth-order valence-electron chi connectivity index (χ4n) is 3.57. The zero-order valence-electron chi connectivity index (χ0n) is 12.0. The van der Waals surface area contributed by atoms with E-state index in [1.807, 2.05) is 36.4 Å². The van der Waals surface area contributed by atoms with Crippen LogP contribution in [-0.2, 0) is 16.0 Å². The lowest BCUT2D eigenvalue weighted by Crippen LogP contribution is -2.36. The van der Waals surface area contributed by atoms with E-state index in [9.17, 15) is 14.7 Å². The normalized spacial score (nSPS) is 29.6. The summed E-state index contributed by atoms with van der Waals surface area (Å²) in [4.78, 5) is 23.9. The Bertz CT molecular complexity index is 591. The van der Waals surface area contributed by atoms with E-state index in [0.717, 1.165) is 18.5 Å². The Kier molecular flexibility index (Phi) is 3.53. The van der Waals surface area contributed by atoms with Gasteiger partial charge >= 0.3 is 5.97 Å². The average Bonchev–Trinajstić information content (AvgIpc) is 3.08. The summed E-state index contributed by atoms with van der Waals surface area (Å²) in [6.45, 7) is 2.08. The summed E-state index contributed by atoms with van der Waals surface area (Å²) < 4.78 is 0. The zero-order chi connectivity index (χ0) is 15.0. The Morgan fingerprint density at radius 2 is 1.76 bits per heavy atom. The third-order valence-corrected chi connectivity index (χ3v) is 4.68. The number of nitrogens with one attached hydrogen (secondary N) is 1. The van der Waals surface area contributed by atoms with Gasteiger partial charge in [0.1, 0.15) is 0 Å². The van der Waals surface area contributed by atoms with Crippen LogP contribution in [0.25, 0.3) is 0 Å². The number of amides is 1. The second-order valence-corrected chi connectivity index (χ2v) is 5.88. The Morgan fingerprint density at radius 3 is 2.33 bits per heavy atom. The van der Waals surface area contributed by atoms with Crippen molar-refractivity contribution in [3.05, 3.63) is 42.0 Å². The molecule has 1 fully saturated rings. The molecule has 0 radical (unpaired) electrons. The summed E-state index contributed by atoms with van der Waals surface area (Å²) in [7, 11) is 0. The van der Waals surface area contributed by atoms with E-state index in [1.54, 1.807) is 0 Å². The standard InChI is InChI=1S/C17H19NO3/c1-2-10-3-7-13(8-4-10)18-16(19)14-11-5-6-12(9-11)15(14)17(20)21/h3-8,11-12,14-15H,2,9H2,1H3,(H,18,19)(H,20,21)/t11-,12+,14+,15+/m1/s1. The van der Waals surface area contributed by atoms with Gasteiger partial charge in [-0.1, -0.05) is 31.2 Å². The van der Waals surface area contributed by atoms with Crippen molar-refractivity contribution < 1.29 is 14.7 Å². The number of hydrogen-bond donors (Lipinski definition) is 2. The lowest BCUT2D eigenvalue weighted by atomic mass is 9.82. The van der Waals surface area contributed by atoms with Crippen molar-refractivity contribution in [1.82, 2.24) is 0 Å². The van der Waals surface area contributed by atoms with Crippen LogP contribution in [0.5, 0.6) is 0 Å². The number of carboxylic acid groups (broad SMARTS) is 1. The van der Waals surface area contributed by atoms with Gasteiger partial charge in [-0.05, 0) is 42.4 Å². The summed E-state index contributed by atoms with van der Waals surface area (Å²) >= 11 is 0. The number of carbonyl (C=O) groups excluding carboxylic acids is 1. The van der Waals surface area contributed by atoms with E-state index in [2.05, 4.69) is 12.2 Å². The lowest BCUT2D eigenvalue weighted by Gasteiger charge is -2.23. The van der Waals surface area contributed by atoms with Crippen LogP contribution in [-0.4, -0.2) is 17.0 Å². The number of carboxylic acids is 1. The van der Waals surface area contributed by atoms with Crippen LogP contribution in [0.2, 0.25) is 0 Å². The number of carbonyl (C=O) groups is 2. The molecule has 1 amide bonds. The van der Waals surface area contributed by atoms with Crippen molar-refractivity contribution in [1.29, 1.82) is 0 Å². The van der Waals surface area contributed by atoms with Gasteiger partial charge in [-0.25, -0.2) is 0 Å². The van der Waals surface area contributed by atoms with Crippen molar-refractivity contribution in [2.24, 2.45) is 23.7 Å². The topological polar surface area (TPSA) is 66.4 Å². The van der Waals surface area contributed by atoms with Gasteiger partial charge in [-0.2, -0.15) is 0 Å². The van der Waals surface area contributed by atoms with E-state index in [0.29, 0.717) is 0 Å². The number of aliphatic carboxylic acids is 1. The third-order valence-electron chi connectivity index (χ3n) is 4.68. The molecule has 0 heterocycles. The van der Waals surface area contributed by atoms with Crippen molar-refractivity contribution in [3.63, 3.8) is 0 Å². The minimum Gasteiger partial charge on any atom is -0.481 e. The van der Waals surface area contributed by atoms with Crippen molar-refractivity contribution in [3.8, 4) is 0 Å². The first-order valence-corrected chi connectivity index (χ1v) is 7.41. The molecule has 1 saturated carbocycles. The summed E-state index contributed by atoms with van der Waals surface area (Å²) in [6.07, 6.45) is 5.67. The summed E-state index contributed by atoms with van der Waals surface area (Å²) in [5, 5.41) is 12.2. The number of fused-ring (bicyclic) bond motifs is 2. The molecule has 0 spiro atoms. The van der Waals surface area contributed by atoms with Gasteiger partial charge in [0.25, 0.3) is 0 Å². The predicted molar refractivity (Wildman–Crippen MR) is 79.8 cm³/mol. The van der Waals surface area contributed by atoms with Crippen LogP contribution in [0.3, 0.4) is 0 Å². The molecule has 0 aliphatic heterocycles. The van der Waals surface area contributed by atoms with Gasteiger partial charge in [0.05, 0.1) is 11.8 Å². The largest absolute Gasteiger partial charge is 0.481 e. The third kappa shape index (κ3) is 2.46. The molecule has 2 aliphatic rings. The van der Waals surface area contributed by atoms with Crippen LogP contribution >= 0.6 is 0 Å². The fourth-order valence-corrected chi connectivity index (χ4v) is 3.57. The molecule has 1 aromatic carbocycles. The molecule has 110 valence electrons. The molecular formula is C17H19NO3. The first-order valence-electron chi connectivity index (χ1n) is 7.41. The molecule has 2 N–H and O–H groups in total. The van der Waals surface area contributed by atoms with Gasteiger partial charge in [0, 0.05) is 5.69 Å². The SMILES string of the molecule is CCc1ccc(NC(=O)[C@@H]2[C@@H](C(=O)O)[C@H]3C=C[C@@H]2C3)cc1. The highest BCUT2D eigenvalue weighted by Crippen LogP contribution is 2.48. The number of benzene rings is 1. The second kappa shape index (κ2) is 5.35. The second-order valence-electron chi connectivity index (χ2n) is 5.88. The Hall–Kier alpha value is -2.10. The monoisotopic (exact) mass is 285 g/mol. The van der Waals surface area contributed by atoms with Crippen molar-refractivity contribution in [2.75, 3.05) is 5.32 Å². The number of aryl methyl sites for hydroxylation is 1. The maximum Gasteiger partial charge on any atom is 0.307 e. The molecule has 0 saturated heterocycles. The molecule has 4 nitrogen and oxygen atoms in total. The van der Waals surface area contributed by atoms with Crippen LogP contribution < -0.4 is 5.32 Å². The maximum atomic E-state index is 12.5. The summed E-state index contributed by atoms with van der Waals surface area (Å²) in [5.74, 6) is -2.02. The number of allylic oxidation sites excluding steroid dienone is 2. The molecule has 3 rings (SSSR count). The van der Waals surface area contributed by atoms with Crippen molar-refractivity contribution in [2.45, 2.75) is 19.8 Å². The van der Waals surface area contributed by atoms with Gasteiger partial charge in [-0.3, -0.25) is 9.59 Å². The van der Waals surface area contributed by atoms with E-state index >= 15 is 0 Å². The van der Waals surface area contributed by atoms with Crippen molar-refractivity contribution >= 4 is 17.6 Å². The van der Waals surface area contributed by atoms with E-state index in [-0.39, 0.29) is 17.7 Å². The Labute approximate surface area is 123 Å². The van der Waals surface area contributed by atoms with Crippen LogP contribution in [0.4, 0.5) is 5.69 Å². The van der Waals surface area contributed by atoms with Gasteiger partial charge in [0.15, 0.2) is 0 Å². The Balaban J connectivity index is 1.75. The first kappa shape index (κ1) is 13.9. The summed E-state index contributed by atoms with van der Waals surface area (Å²) in [6, 6.07) is 7.70. The van der Waals surface area contributed by atoms with Crippen LogP contribution in [0.15, 0.2) is 36.4 Å². The minimum absolute atomic E-state index is 0.00529. The number of hydrogen-bond acceptors (Lipinski definition) is 2. The van der Waals surface area contributed by atoms with E-state index in [4.69, 9.17) is 0 Å². The molecule has 21 heavy (non-hydrogen) atoms. The predicted octanol–water partition coefficient (Wildman–Crippen LogP) is 2.71. The summed E-state index contributed by atoms with van der Waals surface area (Å²) in [5.41, 5.74) is 1.94. The number of rotatable bonds is 4. The van der Waals surface area contributed by atoms with Gasteiger partial charge in [0.2, 0.25) is 5.91 Å². The molecule has 0 aromatic heterocycles. The highest BCUT2D eigenvalue weighted by Gasteiger charge is 2.51. The minimum atomic E-state index is -0.867. The molecule has 1 aromatic rings. The van der Waals surface area contributed by atoms with E-state index in [1.165, 1.54) is 5.56 Å². The Morgan fingerprint density at radius 1 is 1.14 bits per heavy atom. The van der Waals surface area contributed by atoms with E-state index < -0.39 is 17.8 Å². The molecule has 2 bridgehead atoms. The highest BCUT2D eigenvalue weighted by molar-refractivity contribution is 5.96. The highest BCUT2D eigenvalue weighted by atomic mass is 16.4. The average molecular weight is 285 g/mol. The number of anilines is 1.